The third-order valence-corrected chi connectivity index (χ3v) is 10.4. The highest BCUT2D eigenvalue weighted by atomic mass is 16.7. The van der Waals surface area contributed by atoms with E-state index in [1.807, 2.05) is 6.92 Å². The van der Waals surface area contributed by atoms with Crippen LogP contribution in [-0.2, 0) is 38.0 Å². The van der Waals surface area contributed by atoms with Crippen molar-refractivity contribution in [2.24, 2.45) is 10.8 Å². The van der Waals surface area contributed by atoms with Gasteiger partial charge in [-0.3, -0.25) is 0 Å². The number of aliphatic hydroxyl groups excluding tert-OH is 1. The van der Waals surface area contributed by atoms with Gasteiger partial charge in [-0.05, 0) is 40.0 Å². The van der Waals surface area contributed by atoms with Gasteiger partial charge in [0.15, 0.2) is 6.10 Å². The molecule has 10 atom stereocenters. The summed E-state index contributed by atoms with van der Waals surface area (Å²) >= 11 is 0. The first-order chi connectivity index (χ1) is 18.5. The predicted molar refractivity (Wildman–Crippen MR) is 139 cm³/mol. The summed E-state index contributed by atoms with van der Waals surface area (Å²) in [5.74, 6) is -0.818. The quantitative estimate of drug-likeness (QED) is 0.302. The Morgan fingerprint density at radius 1 is 1.08 bits per heavy atom. The Morgan fingerprint density at radius 3 is 2.62 bits per heavy atom. The van der Waals surface area contributed by atoms with Crippen molar-refractivity contribution >= 4 is 11.9 Å². The lowest BCUT2D eigenvalue weighted by atomic mass is 9.50. The molecule has 2 spiro atoms. The second-order valence-corrected chi connectivity index (χ2v) is 12.6. The number of esters is 2. The summed E-state index contributed by atoms with van der Waals surface area (Å²) in [5.41, 5.74) is -0.847. The second kappa shape index (κ2) is 9.52. The van der Waals surface area contributed by atoms with Crippen LogP contribution < -0.4 is 0 Å². The van der Waals surface area contributed by atoms with E-state index in [-0.39, 0.29) is 24.8 Å². The van der Waals surface area contributed by atoms with Crippen molar-refractivity contribution < 1.29 is 43.1 Å². The SMILES string of the molecule is CC1=CC2OC3CC4OC(=O)C=C/C=C/C(C(C)O)OCCC5(C)OC5C(=O)OCCC2(CC1)C4(C)C31CO1. The smallest absolute Gasteiger partial charge is 0.338 e. The third-order valence-electron chi connectivity index (χ3n) is 10.4. The summed E-state index contributed by atoms with van der Waals surface area (Å²) in [4.78, 5) is 26.0. The van der Waals surface area contributed by atoms with E-state index in [1.54, 1.807) is 25.2 Å². The van der Waals surface area contributed by atoms with Crippen LogP contribution in [0.25, 0.3) is 0 Å². The van der Waals surface area contributed by atoms with Crippen LogP contribution in [0.1, 0.15) is 59.8 Å². The van der Waals surface area contributed by atoms with Crippen LogP contribution in [0.5, 0.6) is 0 Å². The van der Waals surface area contributed by atoms with Crippen LogP contribution in [0, 0.1) is 10.8 Å². The molecule has 39 heavy (non-hydrogen) atoms. The Morgan fingerprint density at radius 2 is 1.87 bits per heavy atom. The number of allylic oxidation sites excluding steroid dienone is 3. The van der Waals surface area contributed by atoms with Crippen molar-refractivity contribution in [1.82, 2.24) is 0 Å². The average molecular weight is 545 g/mol. The van der Waals surface area contributed by atoms with Gasteiger partial charge in [0, 0.05) is 29.7 Å². The molecule has 214 valence electrons. The summed E-state index contributed by atoms with van der Waals surface area (Å²) in [6.45, 7) is 8.88. The Bertz CT molecular complexity index is 1110. The van der Waals surface area contributed by atoms with Crippen molar-refractivity contribution in [1.29, 1.82) is 0 Å². The van der Waals surface area contributed by atoms with E-state index in [0.29, 0.717) is 32.5 Å². The van der Waals surface area contributed by atoms with E-state index in [0.717, 1.165) is 12.8 Å². The van der Waals surface area contributed by atoms with E-state index in [9.17, 15) is 14.7 Å². The fraction of sp³-hybridized carbons (Fsp3) is 0.733. The molecule has 0 aromatic heterocycles. The van der Waals surface area contributed by atoms with Crippen molar-refractivity contribution in [3.05, 3.63) is 36.0 Å². The molecule has 2 aliphatic carbocycles. The number of hydrogen-bond donors (Lipinski definition) is 1. The minimum absolute atomic E-state index is 0.172. The van der Waals surface area contributed by atoms with E-state index in [1.165, 1.54) is 11.6 Å². The Labute approximate surface area is 229 Å². The highest BCUT2D eigenvalue weighted by Gasteiger charge is 2.82. The monoisotopic (exact) mass is 544 g/mol. The molecule has 9 nitrogen and oxygen atoms in total. The molecule has 9 heteroatoms. The van der Waals surface area contributed by atoms with E-state index < -0.39 is 52.4 Å². The van der Waals surface area contributed by atoms with Gasteiger partial charge in [-0.2, -0.15) is 0 Å². The van der Waals surface area contributed by atoms with Crippen LogP contribution in [0.3, 0.4) is 0 Å². The zero-order valence-corrected chi connectivity index (χ0v) is 23.2. The molecule has 2 bridgehead atoms. The van der Waals surface area contributed by atoms with Crippen LogP contribution in [0.4, 0.5) is 0 Å². The van der Waals surface area contributed by atoms with Gasteiger partial charge in [0.05, 0.1) is 38.1 Å². The molecular weight excluding hydrogens is 504 g/mol. The second-order valence-electron chi connectivity index (χ2n) is 12.6. The summed E-state index contributed by atoms with van der Waals surface area (Å²) in [6.07, 6.45) is 9.19. The molecule has 10 unspecified atom stereocenters. The van der Waals surface area contributed by atoms with Crippen LogP contribution >= 0.6 is 0 Å². The topological polar surface area (TPSA) is 116 Å². The molecule has 0 radical (unpaired) electrons. The zero-order valence-electron chi connectivity index (χ0n) is 23.2. The molecule has 1 saturated carbocycles. The fourth-order valence-electron chi connectivity index (χ4n) is 7.73. The molecule has 6 rings (SSSR count). The van der Waals surface area contributed by atoms with Crippen molar-refractivity contribution in [3.63, 3.8) is 0 Å². The summed E-state index contributed by atoms with van der Waals surface area (Å²) in [7, 11) is 0. The molecule has 0 aromatic rings. The molecule has 1 N–H and O–H groups in total. The number of carbonyl (C=O) groups excluding carboxylic acids is 2. The lowest BCUT2D eigenvalue weighted by Gasteiger charge is -2.59. The maximum absolute atomic E-state index is 13.0. The number of aliphatic hydroxyl groups is 1. The Kier molecular flexibility index (Phi) is 6.62. The number of fused-ring (bicyclic) bond motifs is 1. The van der Waals surface area contributed by atoms with Gasteiger partial charge in [0.25, 0.3) is 0 Å². The number of cyclic esters (lactones) is 1. The number of rotatable bonds is 1. The molecule has 6 aliphatic rings. The van der Waals surface area contributed by atoms with Crippen LogP contribution in [-0.4, -0.2) is 84.7 Å². The highest BCUT2D eigenvalue weighted by molar-refractivity contribution is 5.82. The van der Waals surface area contributed by atoms with E-state index in [4.69, 9.17) is 28.4 Å². The minimum Gasteiger partial charge on any atom is -0.464 e. The van der Waals surface area contributed by atoms with Gasteiger partial charge in [0.1, 0.15) is 23.4 Å². The normalized spacial score (nSPS) is 49.3. The highest BCUT2D eigenvalue weighted by Crippen LogP contribution is 2.73. The van der Waals surface area contributed by atoms with Crippen molar-refractivity contribution in [3.8, 4) is 0 Å². The maximum atomic E-state index is 13.0. The number of hydrogen-bond acceptors (Lipinski definition) is 9. The molecule has 4 aliphatic heterocycles. The molecule has 4 heterocycles. The van der Waals surface area contributed by atoms with Gasteiger partial charge in [-0.15, -0.1) is 0 Å². The van der Waals surface area contributed by atoms with Gasteiger partial charge < -0.3 is 33.5 Å². The molecular formula is C30H40O9. The summed E-state index contributed by atoms with van der Waals surface area (Å²) in [5, 5.41) is 10.1. The first kappa shape index (κ1) is 27.1. The molecule has 4 fully saturated rings. The molecule has 3 saturated heterocycles. The van der Waals surface area contributed by atoms with Crippen LogP contribution in [0.2, 0.25) is 0 Å². The summed E-state index contributed by atoms with van der Waals surface area (Å²) < 4.78 is 36.5. The maximum Gasteiger partial charge on any atom is 0.338 e. The van der Waals surface area contributed by atoms with Gasteiger partial charge in [0.2, 0.25) is 0 Å². The van der Waals surface area contributed by atoms with Gasteiger partial charge in [-0.1, -0.05) is 36.8 Å². The van der Waals surface area contributed by atoms with Crippen molar-refractivity contribution in [2.45, 2.75) is 108 Å². The Balaban J connectivity index is 1.32. The lowest BCUT2D eigenvalue weighted by molar-refractivity contribution is -0.222. The molecule has 0 amide bonds. The average Bonchev–Trinajstić information content (AvgIpc) is 3.79. The minimum atomic E-state index is -0.755. The third kappa shape index (κ3) is 4.23. The number of carbonyl (C=O) groups is 2. The first-order valence-electron chi connectivity index (χ1n) is 14.2. The van der Waals surface area contributed by atoms with E-state index >= 15 is 0 Å². The van der Waals surface area contributed by atoms with Crippen molar-refractivity contribution in [2.75, 3.05) is 19.8 Å². The number of epoxide rings is 2. The Hall–Kier alpha value is -2.04. The zero-order chi connectivity index (χ0) is 27.6. The fourth-order valence-corrected chi connectivity index (χ4v) is 7.73. The first-order valence-corrected chi connectivity index (χ1v) is 14.2. The van der Waals surface area contributed by atoms with Gasteiger partial charge >= 0.3 is 11.9 Å². The standard InChI is InChI=1S/C30H40O9/c1-18-9-10-29-12-14-35-26(33)25-27(3,39-25)11-13-34-20(19(2)31)7-5-6-8-24(32)38-21-16-23(37-22(29)15-18)30(17-36-30)28(21,29)4/h5-8,15,19-23,25,31H,9-14,16-17H2,1-4H3/b7-5+,8-6?. The van der Waals surface area contributed by atoms with Crippen LogP contribution in [0.15, 0.2) is 36.0 Å². The van der Waals surface area contributed by atoms with E-state index in [2.05, 4.69) is 19.9 Å². The number of ether oxygens (including phenoxy) is 6. The predicted octanol–water partition coefficient (Wildman–Crippen LogP) is 2.94. The molecule has 0 aromatic carbocycles. The summed E-state index contributed by atoms with van der Waals surface area (Å²) in [6, 6.07) is 0. The largest absolute Gasteiger partial charge is 0.464 e. The lowest BCUT2D eigenvalue weighted by Crippen LogP contribution is -2.65. The van der Waals surface area contributed by atoms with Gasteiger partial charge in [-0.25, -0.2) is 9.59 Å².